The molecule has 0 aromatic carbocycles. The minimum atomic E-state index is -3.70. The lowest BCUT2D eigenvalue weighted by atomic mass is 10.3. The molecule has 3 rings (SSSR count). The molecule has 2 aromatic heterocycles. The first-order valence-electron chi connectivity index (χ1n) is 7.70. The molecule has 1 N–H and O–H groups in total. The summed E-state index contributed by atoms with van der Waals surface area (Å²) in [6, 6.07) is 1.33. The fourth-order valence-electron chi connectivity index (χ4n) is 2.86. The van der Waals surface area contributed by atoms with Gasteiger partial charge in [-0.25, -0.2) is 13.2 Å². The van der Waals surface area contributed by atoms with E-state index in [0.29, 0.717) is 24.6 Å². The van der Waals surface area contributed by atoms with Crippen LogP contribution >= 0.6 is 0 Å². The van der Waals surface area contributed by atoms with Crippen LogP contribution < -0.4 is 16.1 Å². The number of aryl methyl sites for hydroxylation is 2. The van der Waals surface area contributed by atoms with Crippen molar-refractivity contribution in [3.8, 4) is 0 Å². The number of H-pyrrole nitrogens is 1. The first-order valence-corrected chi connectivity index (χ1v) is 9.14. The normalized spacial score (nSPS) is 16.4. The summed E-state index contributed by atoms with van der Waals surface area (Å²) in [7, 11) is -2.31. The number of piperazine rings is 1. The number of hydrogen-bond acceptors (Lipinski definition) is 7. The number of anilines is 1. The molecule has 0 aliphatic carbocycles. The number of nitrogens with zero attached hydrogens (tertiary/aromatic N) is 4. The second kappa shape index (κ2) is 6.15. The topological polar surface area (TPSA) is 122 Å². The maximum atomic E-state index is 12.8. The van der Waals surface area contributed by atoms with Crippen molar-refractivity contribution < 1.29 is 12.9 Å². The summed E-state index contributed by atoms with van der Waals surface area (Å²) in [4.78, 5) is 28.0. The quantitative estimate of drug-likeness (QED) is 0.751. The van der Waals surface area contributed by atoms with Gasteiger partial charge >= 0.3 is 5.69 Å². The lowest BCUT2D eigenvalue weighted by Crippen LogP contribution is -2.50. The monoisotopic (exact) mass is 369 g/mol. The van der Waals surface area contributed by atoms with Crippen molar-refractivity contribution in [1.82, 2.24) is 19.0 Å². The minimum Gasteiger partial charge on any atom is -0.360 e. The molecule has 0 saturated carbocycles. The van der Waals surface area contributed by atoms with Gasteiger partial charge in [-0.05, 0) is 13.8 Å². The van der Waals surface area contributed by atoms with Gasteiger partial charge in [-0.1, -0.05) is 5.16 Å². The van der Waals surface area contributed by atoms with E-state index in [1.165, 1.54) is 17.4 Å². The highest BCUT2D eigenvalue weighted by Crippen LogP contribution is 2.24. The van der Waals surface area contributed by atoms with E-state index in [1.807, 2.05) is 0 Å². The Hall–Kier alpha value is -2.40. The largest absolute Gasteiger partial charge is 0.360 e. The SMILES string of the molecule is Cc1noc(C)c1S(=O)(=O)N1CCN(c2cc(=O)n(C)c(=O)[nH]2)CC1. The maximum absolute atomic E-state index is 12.8. The first-order chi connectivity index (χ1) is 11.7. The van der Waals surface area contributed by atoms with Crippen LogP contribution in [-0.4, -0.2) is 53.6 Å². The van der Waals surface area contributed by atoms with Crippen molar-refractivity contribution >= 4 is 15.8 Å². The lowest BCUT2D eigenvalue weighted by molar-refractivity contribution is 0.377. The Balaban J connectivity index is 1.81. The molecule has 0 unspecified atom stereocenters. The van der Waals surface area contributed by atoms with E-state index in [-0.39, 0.29) is 23.7 Å². The van der Waals surface area contributed by atoms with Crippen LogP contribution in [0.5, 0.6) is 0 Å². The van der Waals surface area contributed by atoms with Crippen molar-refractivity contribution in [2.45, 2.75) is 18.7 Å². The van der Waals surface area contributed by atoms with Crippen LogP contribution in [-0.2, 0) is 17.1 Å². The van der Waals surface area contributed by atoms with Crippen molar-refractivity contribution in [2.75, 3.05) is 31.1 Å². The Morgan fingerprint density at radius 2 is 1.80 bits per heavy atom. The summed E-state index contributed by atoms with van der Waals surface area (Å²) in [5.41, 5.74) is -0.589. The van der Waals surface area contributed by atoms with Crippen LogP contribution in [0.1, 0.15) is 11.5 Å². The first kappa shape index (κ1) is 17.4. The highest BCUT2D eigenvalue weighted by molar-refractivity contribution is 7.89. The van der Waals surface area contributed by atoms with Gasteiger partial charge in [0.15, 0.2) is 5.76 Å². The van der Waals surface area contributed by atoms with Gasteiger partial charge in [0.2, 0.25) is 10.0 Å². The van der Waals surface area contributed by atoms with E-state index < -0.39 is 21.3 Å². The molecule has 10 nitrogen and oxygen atoms in total. The van der Waals surface area contributed by atoms with Gasteiger partial charge in [0, 0.05) is 39.3 Å². The molecule has 1 aliphatic rings. The molecular formula is C14H19N5O5S. The Morgan fingerprint density at radius 1 is 1.16 bits per heavy atom. The predicted octanol–water partition coefficient (Wildman–Crippen LogP) is -0.811. The number of aromatic amines is 1. The average molecular weight is 369 g/mol. The van der Waals surface area contributed by atoms with E-state index in [0.717, 1.165) is 4.57 Å². The zero-order valence-corrected chi connectivity index (χ0v) is 15.0. The van der Waals surface area contributed by atoms with E-state index >= 15 is 0 Å². The molecule has 136 valence electrons. The fourth-order valence-corrected chi connectivity index (χ4v) is 4.57. The molecule has 0 amide bonds. The molecule has 1 aliphatic heterocycles. The molecule has 2 aromatic rings. The van der Waals surface area contributed by atoms with Gasteiger partial charge < -0.3 is 9.42 Å². The Labute approximate surface area is 143 Å². The summed E-state index contributed by atoms with van der Waals surface area (Å²) in [5.74, 6) is 0.651. The highest BCUT2D eigenvalue weighted by atomic mass is 32.2. The van der Waals surface area contributed by atoms with Crippen molar-refractivity contribution in [2.24, 2.45) is 7.05 Å². The second-order valence-corrected chi connectivity index (χ2v) is 7.78. The Kier molecular flexibility index (Phi) is 4.29. The van der Waals surface area contributed by atoms with Crippen LogP contribution in [0.2, 0.25) is 0 Å². The minimum absolute atomic E-state index is 0.0999. The molecule has 25 heavy (non-hydrogen) atoms. The van der Waals surface area contributed by atoms with Crippen molar-refractivity contribution in [1.29, 1.82) is 0 Å². The van der Waals surface area contributed by atoms with Crippen LogP contribution in [0.4, 0.5) is 5.82 Å². The fraction of sp³-hybridized carbons (Fsp3) is 0.500. The van der Waals surface area contributed by atoms with E-state index in [1.54, 1.807) is 18.7 Å². The van der Waals surface area contributed by atoms with Crippen LogP contribution in [0.3, 0.4) is 0 Å². The summed E-state index contributed by atoms with van der Waals surface area (Å²) >= 11 is 0. The second-order valence-electron chi connectivity index (χ2n) is 5.90. The lowest BCUT2D eigenvalue weighted by Gasteiger charge is -2.34. The van der Waals surface area contributed by atoms with Crippen LogP contribution in [0.25, 0.3) is 0 Å². The molecule has 0 atom stereocenters. The van der Waals surface area contributed by atoms with Gasteiger partial charge in [-0.3, -0.25) is 14.3 Å². The molecule has 11 heteroatoms. The van der Waals surface area contributed by atoms with Crippen LogP contribution in [0, 0.1) is 13.8 Å². The molecule has 3 heterocycles. The summed E-state index contributed by atoms with van der Waals surface area (Å²) < 4.78 is 32.9. The third-order valence-electron chi connectivity index (χ3n) is 4.28. The van der Waals surface area contributed by atoms with E-state index in [2.05, 4.69) is 10.1 Å². The van der Waals surface area contributed by atoms with Gasteiger partial charge in [0.1, 0.15) is 16.4 Å². The summed E-state index contributed by atoms with van der Waals surface area (Å²) in [5, 5.41) is 3.70. The Bertz CT molecular complexity index is 960. The molecule has 1 saturated heterocycles. The van der Waals surface area contributed by atoms with Gasteiger partial charge in [0.25, 0.3) is 5.56 Å². The van der Waals surface area contributed by atoms with E-state index in [4.69, 9.17) is 4.52 Å². The zero-order valence-electron chi connectivity index (χ0n) is 14.1. The molecule has 0 bridgehead atoms. The number of rotatable bonds is 3. The zero-order chi connectivity index (χ0) is 18.4. The molecule has 1 fully saturated rings. The number of nitrogens with one attached hydrogen (secondary N) is 1. The molecule has 0 radical (unpaired) electrons. The van der Waals surface area contributed by atoms with Crippen LogP contribution in [0.15, 0.2) is 25.1 Å². The van der Waals surface area contributed by atoms with Gasteiger partial charge in [-0.2, -0.15) is 4.31 Å². The maximum Gasteiger partial charge on any atom is 0.329 e. The number of sulfonamides is 1. The smallest absolute Gasteiger partial charge is 0.329 e. The predicted molar refractivity (Wildman–Crippen MR) is 89.3 cm³/mol. The summed E-state index contributed by atoms with van der Waals surface area (Å²) in [6.07, 6.45) is 0. The highest BCUT2D eigenvalue weighted by Gasteiger charge is 2.33. The van der Waals surface area contributed by atoms with E-state index in [9.17, 15) is 18.0 Å². The van der Waals surface area contributed by atoms with Gasteiger partial charge in [-0.15, -0.1) is 0 Å². The number of aromatic nitrogens is 3. The average Bonchev–Trinajstić information content (AvgIpc) is 2.91. The van der Waals surface area contributed by atoms with Crippen molar-refractivity contribution in [3.05, 3.63) is 38.4 Å². The molecular weight excluding hydrogens is 350 g/mol. The van der Waals surface area contributed by atoms with Gasteiger partial charge in [0.05, 0.1) is 0 Å². The van der Waals surface area contributed by atoms with Crippen molar-refractivity contribution in [3.63, 3.8) is 0 Å². The third kappa shape index (κ3) is 3.00. The number of hydrogen-bond donors (Lipinski definition) is 1. The standard InChI is InChI=1S/C14H19N5O5S/c1-9-13(10(2)24-16-9)25(22,23)19-6-4-18(5-7-19)11-8-12(20)17(3)14(21)15-11/h8H,4-7H2,1-3H3,(H,15,21). The molecule has 0 spiro atoms. The third-order valence-corrected chi connectivity index (χ3v) is 6.42. The summed E-state index contributed by atoms with van der Waals surface area (Å²) in [6.45, 7) is 4.31. The Morgan fingerprint density at radius 3 is 2.32 bits per heavy atom.